The first-order valence-corrected chi connectivity index (χ1v) is 11.6. The first-order chi connectivity index (χ1) is 16.0. The number of ether oxygens (including phenoxy) is 2. The molecule has 176 valence electrons. The highest BCUT2D eigenvalue weighted by Gasteiger charge is 2.30. The molecule has 1 heterocycles. The van der Waals surface area contributed by atoms with Gasteiger partial charge in [-0.2, -0.15) is 0 Å². The zero-order valence-corrected chi connectivity index (χ0v) is 19.6. The third-order valence-corrected chi connectivity index (χ3v) is 5.33. The molecule has 7 heteroatoms. The number of imide groups is 1. The molecule has 3 amide bonds. The summed E-state index contributed by atoms with van der Waals surface area (Å²) in [6.45, 7) is 8.10. The van der Waals surface area contributed by atoms with E-state index in [9.17, 15) is 14.4 Å². The quantitative estimate of drug-likeness (QED) is 0.467. The number of amides is 3. The van der Waals surface area contributed by atoms with E-state index in [-0.39, 0.29) is 30.6 Å². The summed E-state index contributed by atoms with van der Waals surface area (Å²) in [5, 5.41) is 0. The van der Waals surface area contributed by atoms with Crippen molar-refractivity contribution in [3.63, 3.8) is 0 Å². The molecule has 0 aliphatic carbocycles. The second-order valence-corrected chi connectivity index (χ2v) is 7.96. The Morgan fingerprint density at radius 3 is 2.36 bits per heavy atom. The number of anilines is 1. The second kappa shape index (κ2) is 11.5. The molecule has 1 saturated heterocycles. The van der Waals surface area contributed by atoms with Gasteiger partial charge in [0.05, 0.1) is 18.9 Å². The van der Waals surface area contributed by atoms with Gasteiger partial charge < -0.3 is 14.4 Å². The Balaban J connectivity index is 1.82. The van der Waals surface area contributed by atoms with Crippen LogP contribution in [0.1, 0.15) is 62.4 Å². The SMILES string of the molecule is CCCOc1ccc(CN(CCC)C(=O)c2cccc(N3C(=O)CCC3=O)c2)cc1OCC. The lowest BCUT2D eigenvalue weighted by atomic mass is 10.1. The molecule has 0 atom stereocenters. The minimum Gasteiger partial charge on any atom is -0.490 e. The van der Waals surface area contributed by atoms with Gasteiger partial charge in [0.25, 0.3) is 5.91 Å². The number of carbonyl (C=O) groups is 3. The fourth-order valence-corrected chi connectivity index (χ4v) is 3.82. The monoisotopic (exact) mass is 452 g/mol. The van der Waals surface area contributed by atoms with E-state index in [4.69, 9.17) is 9.47 Å². The Kier molecular flexibility index (Phi) is 8.46. The molecule has 0 spiro atoms. The Morgan fingerprint density at radius 2 is 1.70 bits per heavy atom. The largest absolute Gasteiger partial charge is 0.490 e. The lowest BCUT2D eigenvalue weighted by Gasteiger charge is -2.24. The molecule has 1 aliphatic heterocycles. The number of hydrogen-bond donors (Lipinski definition) is 0. The van der Waals surface area contributed by atoms with E-state index in [0.717, 1.165) is 18.4 Å². The standard InChI is InChI=1S/C26H32N2O5/c1-4-14-27(18-19-10-11-22(33-15-5-2)23(16-19)32-6-3)26(31)20-8-7-9-21(17-20)28-24(29)12-13-25(28)30/h7-11,16-17H,4-6,12-15,18H2,1-3H3. The Labute approximate surface area is 195 Å². The molecular formula is C26H32N2O5. The van der Waals surface area contributed by atoms with Gasteiger partial charge in [0, 0.05) is 31.5 Å². The van der Waals surface area contributed by atoms with E-state index in [1.54, 1.807) is 29.2 Å². The third kappa shape index (κ3) is 5.92. The fourth-order valence-electron chi connectivity index (χ4n) is 3.82. The number of rotatable bonds is 11. The van der Waals surface area contributed by atoms with Crippen molar-refractivity contribution in [2.24, 2.45) is 0 Å². The van der Waals surface area contributed by atoms with Crippen molar-refractivity contribution in [1.29, 1.82) is 0 Å². The summed E-state index contributed by atoms with van der Waals surface area (Å²) in [7, 11) is 0. The van der Waals surface area contributed by atoms with Gasteiger partial charge in [-0.1, -0.05) is 26.0 Å². The van der Waals surface area contributed by atoms with Crippen LogP contribution in [0.2, 0.25) is 0 Å². The minimum absolute atomic E-state index is 0.151. The molecular weight excluding hydrogens is 420 g/mol. The highest BCUT2D eigenvalue weighted by molar-refractivity contribution is 6.20. The first-order valence-electron chi connectivity index (χ1n) is 11.6. The smallest absolute Gasteiger partial charge is 0.254 e. The summed E-state index contributed by atoms with van der Waals surface area (Å²) >= 11 is 0. The molecule has 33 heavy (non-hydrogen) atoms. The predicted molar refractivity (Wildman–Crippen MR) is 127 cm³/mol. The lowest BCUT2D eigenvalue weighted by molar-refractivity contribution is -0.121. The Hall–Kier alpha value is -3.35. The van der Waals surface area contributed by atoms with Gasteiger partial charge in [-0.25, -0.2) is 0 Å². The number of benzene rings is 2. The van der Waals surface area contributed by atoms with Gasteiger partial charge >= 0.3 is 0 Å². The topological polar surface area (TPSA) is 76.2 Å². The summed E-state index contributed by atoms with van der Waals surface area (Å²) in [6, 6.07) is 12.5. The zero-order valence-electron chi connectivity index (χ0n) is 19.6. The van der Waals surface area contributed by atoms with Crippen molar-refractivity contribution in [2.45, 2.75) is 53.0 Å². The molecule has 0 saturated carbocycles. The first kappa shape index (κ1) is 24.3. The normalized spacial score (nSPS) is 13.4. The summed E-state index contributed by atoms with van der Waals surface area (Å²) in [4.78, 5) is 40.5. The van der Waals surface area contributed by atoms with Crippen molar-refractivity contribution in [1.82, 2.24) is 4.90 Å². The summed E-state index contributed by atoms with van der Waals surface area (Å²) in [5.41, 5.74) is 1.83. The Bertz CT molecular complexity index is 988. The summed E-state index contributed by atoms with van der Waals surface area (Å²) in [6.07, 6.45) is 2.11. The Morgan fingerprint density at radius 1 is 0.939 bits per heavy atom. The maximum Gasteiger partial charge on any atom is 0.254 e. The van der Waals surface area contributed by atoms with Gasteiger partial charge in [-0.15, -0.1) is 0 Å². The van der Waals surface area contributed by atoms with Gasteiger partial charge in [0.15, 0.2) is 11.5 Å². The molecule has 3 rings (SSSR count). The fraction of sp³-hybridized carbons (Fsp3) is 0.423. The number of nitrogens with zero attached hydrogens (tertiary/aromatic N) is 2. The van der Waals surface area contributed by atoms with E-state index in [1.807, 2.05) is 39.0 Å². The van der Waals surface area contributed by atoms with E-state index in [1.165, 1.54) is 4.90 Å². The molecule has 1 aliphatic rings. The average Bonchev–Trinajstić information content (AvgIpc) is 3.16. The molecule has 7 nitrogen and oxygen atoms in total. The molecule has 2 aromatic carbocycles. The molecule has 1 fully saturated rings. The lowest BCUT2D eigenvalue weighted by Crippen LogP contribution is -2.32. The average molecular weight is 453 g/mol. The molecule has 2 aromatic rings. The van der Waals surface area contributed by atoms with Crippen molar-refractivity contribution in [2.75, 3.05) is 24.7 Å². The summed E-state index contributed by atoms with van der Waals surface area (Å²) < 4.78 is 11.5. The van der Waals surface area contributed by atoms with Crippen LogP contribution in [0.15, 0.2) is 42.5 Å². The van der Waals surface area contributed by atoms with Crippen molar-refractivity contribution in [3.8, 4) is 11.5 Å². The molecule has 0 unspecified atom stereocenters. The maximum atomic E-state index is 13.4. The molecule has 0 N–H and O–H groups in total. The van der Waals surface area contributed by atoms with Crippen LogP contribution < -0.4 is 14.4 Å². The number of carbonyl (C=O) groups excluding carboxylic acids is 3. The summed E-state index contributed by atoms with van der Waals surface area (Å²) in [5.74, 6) is 0.749. The number of hydrogen-bond acceptors (Lipinski definition) is 5. The minimum atomic E-state index is -0.233. The van der Waals surface area contributed by atoms with E-state index < -0.39 is 0 Å². The van der Waals surface area contributed by atoms with Crippen molar-refractivity contribution < 1.29 is 23.9 Å². The van der Waals surface area contributed by atoms with E-state index in [2.05, 4.69) is 0 Å². The van der Waals surface area contributed by atoms with Crippen LogP contribution in [0, 0.1) is 0 Å². The maximum absolute atomic E-state index is 13.4. The van der Waals surface area contributed by atoms with Crippen molar-refractivity contribution >= 4 is 23.4 Å². The van der Waals surface area contributed by atoms with Gasteiger partial charge in [-0.05, 0) is 55.7 Å². The zero-order chi connectivity index (χ0) is 23.8. The molecule has 0 bridgehead atoms. The van der Waals surface area contributed by atoms with Crippen LogP contribution in [0.25, 0.3) is 0 Å². The molecule has 0 radical (unpaired) electrons. The highest BCUT2D eigenvalue weighted by Crippen LogP contribution is 2.30. The second-order valence-electron chi connectivity index (χ2n) is 7.96. The van der Waals surface area contributed by atoms with Crippen LogP contribution in [0.5, 0.6) is 11.5 Å². The van der Waals surface area contributed by atoms with E-state index in [0.29, 0.717) is 49.1 Å². The van der Waals surface area contributed by atoms with Crippen LogP contribution in [0.4, 0.5) is 5.69 Å². The van der Waals surface area contributed by atoms with Gasteiger partial charge in [0.1, 0.15) is 0 Å². The van der Waals surface area contributed by atoms with E-state index >= 15 is 0 Å². The van der Waals surface area contributed by atoms with Crippen molar-refractivity contribution in [3.05, 3.63) is 53.6 Å². The highest BCUT2D eigenvalue weighted by atomic mass is 16.5. The van der Waals surface area contributed by atoms with Crippen LogP contribution in [0.3, 0.4) is 0 Å². The van der Waals surface area contributed by atoms with Crippen LogP contribution in [-0.4, -0.2) is 42.4 Å². The van der Waals surface area contributed by atoms with Crippen LogP contribution in [-0.2, 0) is 16.1 Å². The third-order valence-electron chi connectivity index (χ3n) is 5.33. The molecule has 0 aromatic heterocycles. The van der Waals surface area contributed by atoms with Gasteiger partial charge in [0.2, 0.25) is 11.8 Å². The van der Waals surface area contributed by atoms with Crippen LogP contribution >= 0.6 is 0 Å². The predicted octanol–water partition coefficient (Wildman–Crippen LogP) is 4.58. The van der Waals surface area contributed by atoms with Gasteiger partial charge in [-0.3, -0.25) is 19.3 Å².